The van der Waals surface area contributed by atoms with Gasteiger partial charge in [-0.25, -0.2) is 4.98 Å². The van der Waals surface area contributed by atoms with Crippen molar-refractivity contribution in [1.29, 1.82) is 0 Å². The Labute approximate surface area is 136 Å². The third-order valence-corrected chi connectivity index (χ3v) is 3.68. The quantitative estimate of drug-likeness (QED) is 0.901. The van der Waals surface area contributed by atoms with Gasteiger partial charge in [0.1, 0.15) is 11.5 Å². The summed E-state index contributed by atoms with van der Waals surface area (Å²) in [6.07, 6.45) is -3.82. The minimum atomic E-state index is -5.05. The van der Waals surface area contributed by atoms with Crippen LogP contribution >= 0.6 is 0 Å². The molecule has 2 heterocycles. The van der Waals surface area contributed by atoms with Gasteiger partial charge in [-0.1, -0.05) is 0 Å². The molecule has 2 rings (SSSR count). The summed E-state index contributed by atoms with van der Waals surface area (Å²) < 4.78 is 46.6. The van der Waals surface area contributed by atoms with Crippen LogP contribution in [0.5, 0.6) is 0 Å². The first kappa shape index (κ1) is 18.1. The van der Waals surface area contributed by atoms with Gasteiger partial charge < -0.3 is 19.0 Å². The SMILES string of the molecule is Cc1ccc(CN(C)C(=O)CC(O)(c2nccn2C)C(F)(F)F)o1. The molecule has 1 amide bonds. The second kappa shape index (κ2) is 6.31. The maximum Gasteiger partial charge on any atom is 0.425 e. The summed E-state index contributed by atoms with van der Waals surface area (Å²) in [5.41, 5.74) is -3.37. The molecule has 0 saturated carbocycles. The smallest absolute Gasteiger partial charge is 0.425 e. The van der Waals surface area contributed by atoms with Crippen LogP contribution in [0.2, 0.25) is 0 Å². The Balaban J connectivity index is 2.20. The van der Waals surface area contributed by atoms with Gasteiger partial charge in [0.05, 0.1) is 13.0 Å². The van der Waals surface area contributed by atoms with Crippen molar-refractivity contribution in [3.8, 4) is 0 Å². The lowest BCUT2D eigenvalue weighted by atomic mass is 9.96. The maximum absolute atomic E-state index is 13.4. The molecule has 0 fully saturated rings. The van der Waals surface area contributed by atoms with E-state index in [0.717, 1.165) is 15.7 Å². The number of aromatic nitrogens is 2. The van der Waals surface area contributed by atoms with Crippen LogP contribution in [0.15, 0.2) is 28.9 Å². The molecule has 0 saturated heterocycles. The molecule has 6 nitrogen and oxygen atoms in total. The second-order valence-corrected chi connectivity index (χ2v) is 5.66. The van der Waals surface area contributed by atoms with Crippen LogP contribution in [0.25, 0.3) is 0 Å². The molecule has 1 unspecified atom stereocenters. The van der Waals surface area contributed by atoms with Gasteiger partial charge >= 0.3 is 6.18 Å². The summed E-state index contributed by atoms with van der Waals surface area (Å²) in [7, 11) is 2.66. The summed E-state index contributed by atoms with van der Waals surface area (Å²) in [5, 5.41) is 10.2. The molecule has 132 valence electrons. The first-order chi connectivity index (χ1) is 11.0. The summed E-state index contributed by atoms with van der Waals surface area (Å²) in [6, 6.07) is 3.32. The molecule has 0 aliphatic heterocycles. The molecule has 0 spiro atoms. The highest BCUT2D eigenvalue weighted by molar-refractivity contribution is 5.77. The lowest BCUT2D eigenvalue weighted by molar-refractivity contribution is -0.271. The standard InChI is InChI=1S/C15H18F3N3O3/c1-10-4-5-11(24-10)9-21(3)12(22)8-14(23,15(16,17)18)13-19-6-7-20(13)2/h4-7,23H,8-9H2,1-3H3. The topological polar surface area (TPSA) is 71.5 Å². The minimum Gasteiger partial charge on any atom is -0.464 e. The van der Waals surface area contributed by atoms with Crippen LogP contribution in [0.4, 0.5) is 13.2 Å². The number of rotatable bonds is 5. The van der Waals surface area contributed by atoms with E-state index in [0.29, 0.717) is 11.5 Å². The fourth-order valence-electron chi connectivity index (χ4n) is 2.32. The molecular formula is C15H18F3N3O3. The summed E-state index contributed by atoms with van der Waals surface area (Å²) in [4.78, 5) is 16.8. The Morgan fingerprint density at radius 3 is 2.54 bits per heavy atom. The molecule has 0 bridgehead atoms. The number of aryl methyl sites for hydroxylation is 2. The Bertz CT molecular complexity index is 723. The van der Waals surface area contributed by atoms with Crippen molar-refractivity contribution in [3.63, 3.8) is 0 Å². The van der Waals surface area contributed by atoms with Crippen molar-refractivity contribution < 1.29 is 27.5 Å². The van der Waals surface area contributed by atoms with Crippen LogP contribution < -0.4 is 0 Å². The van der Waals surface area contributed by atoms with Crippen LogP contribution in [0, 0.1) is 6.92 Å². The van der Waals surface area contributed by atoms with Crippen molar-refractivity contribution in [2.75, 3.05) is 7.05 Å². The molecule has 2 aromatic heterocycles. The molecule has 24 heavy (non-hydrogen) atoms. The predicted molar refractivity (Wildman–Crippen MR) is 77.7 cm³/mol. The fraction of sp³-hybridized carbons (Fsp3) is 0.467. The summed E-state index contributed by atoms with van der Waals surface area (Å²) >= 11 is 0. The molecule has 0 aliphatic rings. The number of halogens is 3. The monoisotopic (exact) mass is 345 g/mol. The second-order valence-electron chi connectivity index (χ2n) is 5.66. The number of hydrogen-bond acceptors (Lipinski definition) is 4. The fourth-order valence-corrected chi connectivity index (χ4v) is 2.32. The van der Waals surface area contributed by atoms with E-state index in [9.17, 15) is 23.1 Å². The van der Waals surface area contributed by atoms with Gasteiger partial charge in [-0.2, -0.15) is 13.2 Å². The predicted octanol–water partition coefficient (Wildman–Crippen LogP) is 2.12. The largest absolute Gasteiger partial charge is 0.464 e. The van der Waals surface area contributed by atoms with Crippen LogP contribution in [0.3, 0.4) is 0 Å². The number of nitrogens with zero attached hydrogens (tertiary/aromatic N) is 3. The van der Waals surface area contributed by atoms with Crippen molar-refractivity contribution in [2.24, 2.45) is 7.05 Å². The Hall–Kier alpha value is -2.29. The zero-order valence-electron chi connectivity index (χ0n) is 13.5. The summed E-state index contributed by atoms with van der Waals surface area (Å²) in [6.45, 7) is 1.72. The van der Waals surface area contributed by atoms with E-state index >= 15 is 0 Å². The Morgan fingerprint density at radius 1 is 1.42 bits per heavy atom. The number of carbonyl (C=O) groups excluding carboxylic acids is 1. The number of amides is 1. The Morgan fingerprint density at radius 2 is 2.08 bits per heavy atom. The van der Waals surface area contributed by atoms with E-state index in [4.69, 9.17) is 4.42 Å². The van der Waals surface area contributed by atoms with Crippen molar-refractivity contribution in [3.05, 3.63) is 41.9 Å². The number of imidazole rings is 1. The first-order valence-electron chi connectivity index (χ1n) is 7.11. The van der Waals surface area contributed by atoms with E-state index in [1.807, 2.05) is 0 Å². The number of aliphatic hydroxyl groups is 1. The van der Waals surface area contributed by atoms with Gasteiger partial charge in [0.25, 0.3) is 0 Å². The molecule has 1 N–H and O–H groups in total. The van der Waals surface area contributed by atoms with Gasteiger partial charge in [0.15, 0.2) is 5.82 Å². The third-order valence-electron chi connectivity index (χ3n) is 3.68. The molecular weight excluding hydrogens is 327 g/mol. The van der Waals surface area contributed by atoms with E-state index in [2.05, 4.69) is 4.98 Å². The van der Waals surface area contributed by atoms with Crippen molar-refractivity contribution in [1.82, 2.24) is 14.5 Å². The number of hydrogen-bond donors (Lipinski definition) is 1. The zero-order chi connectivity index (χ0) is 18.1. The van der Waals surface area contributed by atoms with Gasteiger partial charge in [-0.3, -0.25) is 4.79 Å². The molecule has 0 aromatic carbocycles. The number of carbonyl (C=O) groups is 1. The normalized spacial score (nSPS) is 14.5. The van der Waals surface area contributed by atoms with Gasteiger partial charge in [-0.15, -0.1) is 0 Å². The van der Waals surface area contributed by atoms with E-state index in [1.165, 1.54) is 20.3 Å². The van der Waals surface area contributed by atoms with Gasteiger partial charge in [0.2, 0.25) is 11.5 Å². The highest BCUT2D eigenvalue weighted by atomic mass is 19.4. The van der Waals surface area contributed by atoms with Crippen LogP contribution in [0.1, 0.15) is 23.8 Å². The minimum absolute atomic E-state index is 0.00117. The average Bonchev–Trinajstić information content (AvgIpc) is 3.06. The van der Waals surface area contributed by atoms with Crippen LogP contribution in [-0.4, -0.2) is 38.7 Å². The zero-order valence-corrected chi connectivity index (χ0v) is 13.5. The molecule has 9 heteroatoms. The van der Waals surface area contributed by atoms with Crippen molar-refractivity contribution >= 4 is 5.91 Å². The number of alkyl halides is 3. The summed E-state index contributed by atoms with van der Waals surface area (Å²) in [5.74, 6) is -0.445. The molecule has 2 aromatic rings. The molecule has 1 atom stereocenters. The maximum atomic E-state index is 13.4. The highest BCUT2D eigenvalue weighted by Crippen LogP contribution is 2.41. The van der Waals surface area contributed by atoms with Gasteiger partial charge in [0, 0.05) is 26.5 Å². The van der Waals surface area contributed by atoms with E-state index < -0.39 is 29.9 Å². The lowest BCUT2D eigenvalue weighted by Crippen LogP contribution is -2.48. The van der Waals surface area contributed by atoms with E-state index in [-0.39, 0.29) is 6.54 Å². The highest BCUT2D eigenvalue weighted by Gasteiger charge is 2.58. The third kappa shape index (κ3) is 3.45. The average molecular weight is 345 g/mol. The first-order valence-corrected chi connectivity index (χ1v) is 7.11. The molecule has 0 aliphatic carbocycles. The Kier molecular flexibility index (Phi) is 4.75. The molecule has 0 radical (unpaired) electrons. The number of furan rings is 1. The van der Waals surface area contributed by atoms with Crippen molar-refractivity contribution in [2.45, 2.75) is 31.7 Å². The van der Waals surface area contributed by atoms with E-state index in [1.54, 1.807) is 19.1 Å². The lowest BCUT2D eigenvalue weighted by Gasteiger charge is -2.30. The van der Waals surface area contributed by atoms with Crippen LogP contribution in [-0.2, 0) is 24.0 Å². The van der Waals surface area contributed by atoms with Gasteiger partial charge in [-0.05, 0) is 19.1 Å².